The molecule has 1 aromatic heterocycles. The third-order valence-electron chi connectivity index (χ3n) is 3.41. The zero-order valence-electron chi connectivity index (χ0n) is 11.5. The molecule has 0 fully saturated rings. The molecule has 0 N–H and O–H groups in total. The summed E-state index contributed by atoms with van der Waals surface area (Å²) in [6.07, 6.45) is 2.82. The number of nitrogens with zero attached hydrogens (tertiary/aromatic N) is 2. The third-order valence-corrected chi connectivity index (χ3v) is 3.74. The summed E-state index contributed by atoms with van der Waals surface area (Å²) in [6.45, 7) is 0. The van der Waals surface area contributed by atoms with E-state index in [0.29, 0.717) is 10.8 Å². The number of nitriles is 1. The molecule has 0 saturated heterocycles. The number of pyridine rings is 1. The molecule has 0 aliphatic heterocycles. The highest BCUT2D eigenvalue weighted by Gasteiger charge is 2.23. The smallest absolute Gasteiger partial charge is 0.198 e. The van der Waals surface area contributed by atoms with Gasteiger partial charge in [0.15, 0.2) is 5.78 Å². The van der Waals surface area contributed by atoms with Gasteiger partial charge in [-0.1, -0.05) is 11.6 Å². The summed E-state index contributed by atoms with van der Waals surface area (Å²) in [5, 5.41) is 10.1. The van der Waals surface area contributed by atoms with Gasteiger partial charge in [0.2, 0.25) is 0 Å². The largest absolute Gasteiger partial charge is 0.288 e. The quantitative estimate of drug-likeness (QED) is 0.660. The summed E-state index contributed by atoms with van der Waals surface area (Å²) in [4.78, 5) is 16.5. The van der Waals surface area contributed by atoms with Gasteiger partial charge in [-0.05, 0) is 35.7 Å². The van der Waals surface area contributed by atoms with Crippen molar-refractivity contribution in [2.45, 2.75) is 0 Å². The van der Waals surface area contributed by atoms with Crippen molar-refractivity contribution >= 4 is 28.2 Å². The van der Waals surface area contributed by atoms with Gasteiger partial charge in [-0.15, -0.1) is 0 Å². The SMILES string of the molecule is N#Cc1c(C(=O)c2cc(F)ccc2Cl)c(F)cc2ccncc12. The van der Waals surface area contributed by atoms with Crippen LogP contribution in [-0.4, -0.2) is 10.8 Å². The van der Waals surface area contributed by atoms with Crippen LogP contribution in [0.15, 0.2) is 42.7 Å². The normalized spacial score (nSPS) is 10.5. The van der Waals surface area contributed by atoms with Crippen LogP contribution >= 0.6 is 11.6 Å². The van der Waals surface area contributed by atoms with Gasteiger partial charge in [0, 0.05) is 23.3 Å². The maximum absolute atomic E-state index is 14.4. The Kier molecular flexibility index (Phi) is 3.77. The lowest BCUT2D eigenvalue weighted by atomic mass is 9.94. The van der Waals surface area contributed by atoms with E-state index in [4.69, 9.17) is 11.6 Å². The summed E-state index contributed by atoms with van der Waals surface area (Å²) in [6, 6.07) is 7.70. The van der Waals surface area contributed by atoms with E-state index in [0.717, 1.165) is 18.2 Å². The Morgan fingerprint density at radius 2 is 2.00 bits per heavy atom. The molecule has 0 aliphatic carbocycles. The van der Waals surface area contributed by atoms with E-state index < -0.39 is 23.0 Å². The first-order valence-electron chi connectivity index (χ1n) is 6.49. The summed E-state index contributed by atoms with van der Waals surface area (Å²) in [5.74, 6) is -2.40. The molecule has 3 rings (SSSR count). The molecule has 23 heavy (non-hydrogen) atoms. The second-order valence-electron chi connectivity index (χ2n) is 4.77. The molecule has 1 heterocycles. The van der Waals surface area contributed by atoms with Crippen LogP contribution in [0.5, 0.6) is 0 Å². The van der Waals surface area contributed by atoms with Crippen LogP contribution in [0, 0.1) is 23.0 Å². The Morgan fingerprint density at radius 3 is 2.74 bits per heavy atom. The van der Waals surface area contributed by atoms with Gasteiger partial charge in [0.25, 0.3) is 0 Å². The molecule has 3 nitrogen and oxygen atoms in total. The van der Waals surface area contributed by atoms with Crippen molar-refractivity contribution in [1.29, 1.82) is 5.26 Å². The molecule has 0 unspecified atom stereocenters. The lowest BCUT2D eigenvalue weighted by molar-refractivity contribution is 0.103. The van der Waals surface area contributed by atoms with Crippen molar-refractivity contribution < 1.29 is 13.6 Å². The summed E-state index contributed by atoms with van der Waals surface area (Å²) in [7, 11) is 0. The molecule has 0 saturated carbocycles. The first kappa shape index (κ1) is 15.1. The molecule has 0 amide bonds. The Balaban J connectivity index is 2.31. The van der Waals surface area contributed by atoms with E-state index >= 15 is 0 Å². The van der Waals surface area contributed by atoms with E-state index in [-0.39, 0.29) is 16.1 Å². The average Bonchev–Trinajstić information content (AvgIpc) is 2.55. The van der Waals surface area contributed by atoms with Crippen molar-refractivity contribution in [3.63, 3.8) is 0 Å². The molecule has 0 atom stereocenters. The van der Waals surface area contributed by atoms with E-state index in [1.165, 1.54) is 24.5 Å². The molecular formula is C17H7ClF2N2O. The summed E-state index contributed by atoms with van der Waals surface area (Å²) >= 11 is 5.90. The summed E-state index contributed by atoms with van der Waals surface area (Å²) < 4.78 is 27.8. The Hall–Kier alpha value is -2.84. The maximum atomic E-state index is 14.4. The number of hydrogen-bond donors (Lipinski definition) is 0. The number of benzene rings is 2. The monoisotopic (exact) mass is 328 g/mol. The molecule has 0 bridgehead atoms. The van der Waals surface area contributed by atoms with Gasteiger partial charge >= 0.3 is 0 Å². The number of aromatic nitrogens is 1. The van der Waals surface area contributed by atoms with Gasteiger partial charge in [0.05, 0.1) is 16.1 Å². The molecule has 6 heteroatoms. The van der Waals surface area contributed by atoms with Gasteiger partial charge in [-0.2, -0.15) is 5.26 Å². The highest BCUT2D eigenvalue weighted by Crippen LogP contribution is 2.28. The molecule has 0 spiro atoms. The molecule has 112 valence electrons. The first-order chi connectivity index (χ1) is 11.0. The number of rotatable bonds is 2. The Labute approximate surface area is 134 Å². The number of carbonyl (C=O) groups excluding carboxylic acids is 1. The fourth-order valence-electron chi connectivity index (χ4n) is 2.35. The van der Waals surface area contributed by atoms with Crippen LogP contribution < -0.4 is 0 Å². The molecular weight excluding hydrogens is 322 g/mol. The lowest BCUT2D eigenvalue weighted by Crippen LogP contribution is -2.09. The summed E-state index contributed by atoms with van der Waals surface area (Å²) in [5.41, 5.74) is -0.802. The van der Waals surface area contributed by atoms with Crippen LogP contribution in [0.2, 0.25) is 5.02 Å². The molecule has 3 aromatic rings. The second kappa shape index (κ2) is 5.75. The molecule has 0 radical (unpaired) electrons. The van der Waals surface area contributed by atoms with Gasteiger partial charge < -0.3 is 0 Å². The zero-order chi connectivity index (χ0) is 16.6. The molecule has 0 aliphatic rings. The minimum Gasteiger partial charge on any atom is -0.288 e. The predicted octanol–water partition coefficient (Wildman–Crippen LogP) is 4.27. The van der Waals surface area contributed by atoms with E-state index in [9.17, 15) is 18.8 Å². The van der Waals surface area contributed by atoms with Gasteiger partial charge in [-0.3, -0.25) is 9.78 Å². The maximum Gasteiger partial charge on any atom is 0.198 e. The topological polar surface area (TPSA) is 53.8 Å². The standard InChI is InChI=1S/C17H7ClF2N2O/c18-14-2-1-10(19)6-11(14)17(23)16-12(7-21)13-8-22-4-3-9(13)5-15(16)20/h1-6,8H. The van der Waals surface area contributed by atoms with Crippen molar-refractivity contribution in [1.82, 2.24) is 4.98 Å². The van der Waals surface area contributed by atoms with Crippen molar-refractivity contribution in [3.8, 4) is 6.07 Å². The van der Waals surface area contributed by atoms with Crippen LogP contribution in [0.4, 0.5) is 8.78 Å². The van der Waals surface area contributed by atoms with Crippen molar-refractivity contribution in [2.24, 2.45) is 0 Å². The van der Waals surface area contributed by atoms with Crippen molar-refractivity contribution in [2.75, 3.05) is 0 Å². The minimum atomic E-state index is -0.870. The van der Waals surface area contributed by atoms with Crippen LogP contribution in [0.1, 0.15) is 21.5 Å². The lowest BCUT2D eigenvalue weighted by Gasteiger charge is -2.09. The van der Waals surface area contributed by atoms with Crippen LogP contribution in [-0.2, 0) is 0 Å². The number of halogens is 3. The number of fused-ring (bicyclic) bond motifs is 1. The third kappa shape index (κ3) is 2.54. The fraction of sp³-hybridized carbons (Fsp3) is 0. The van der Waals surface area contributed by atoms with Crippen molar-refractivity contribution in [3.05, 3.63) is 76.1 Å². The van der Waals surface area contributed by atoms with Gasteiger partial charge in [-0.25, -0.2) is 8.78 Å². The molecule has 2 aromatic carbocycles. The zero-order valence-corrected chi connectivity index (χ0v) is 12.2. The van der Waals surface area contributed by atoms with Crippen LogP contribution in [0.3, 0.4) is 0 Å². The second-order valence-corrected chi connectivity index (χ2v) is 5.18. The Morgan fingerprint density at radius 1 is 1.22 bits per heavy atom. The fourth-order valence-corrected chi connectivity index (χ4v) is 2.55. The van der Waals surface area contributed by atoms with E-state index in [2.05, 4.69) is 4.98 Å². The number of hydrogen-bond acceptors (Lipinski definition) is 3. The first-order valence-corrected chi connectivity index (χ1v) is 6.87. The highest BCUT2D eigenvalue weighted by atomic mass is 35.5. The number of ketones is 1. The predicted molar refractivity (Wildman–Crippen MR) is 81.3 cm³/mol. The Bertz CT molecular complexity index is 996. The van der Waals surface area contributed by atoms with Crippen LogP contribution in [0.25, 0.3) is 10.8 Å². The van der Waals surface area contributed by atoms with E-state index in [1.807, 2.05) is 6.07 Å². The highest BCUT2D eigenvalue weighted by molar-refractivity contribution is 6.35. The minimum absolute atomic E-state index is 0.0222. The van der Waals surface area contributed by atoms with E-state index in [1.54, 1.807) is 0 Å². The van der Waals surface area contributed by atoms with Gasteiger partial charge in [0.1, 0.15) is 17.7 Å². The average molecular weight is 329 g/mol. The number of carbonyl (C=O) groups is 1.